The van der Waals surface area contributed by atoms with E-state index in [1.165, 1.54) is 11.0 Å². The number of fused-ring (bicyclic) bond motifs is 1. The monoisotopic (exact) mass is 443 g/mol. The molecule has 1 unspecified atom stereocenters. The van der Waals surface area contributed by atoms with Crippen LogP contribution in [0.15, 0.2) is 48.7 Å². The maximum Gasteiger partial charge on any atom is 0.412 e. The standard InChI is InChI=1S/C23H26ClN3O4/c1-6-23(5,15-10-12-16(24)13-11-15)20(28)31-27-19-9-7-8-18(17(19)14-25-27)26-21(29)30-22(2,3)4/h7-14H,6H2,1-5H3,(H,26,29). The predicted octanol–water partition coefficient (Wildman–Crippen LogP) is 5.36. The van der Waals surface area contributed by atoms with E-state index in [-0.39, 0.29) is 0 Å². The van der Waals surface area contributed by atoms with Crippen molar-refractivity contribution in [3.05, 3.63) is 59.2 Å². The zero-order valence-corrected chi connectivity index (χ0v) is 19.0. The fraction of sp³-hybridized carbons (Fsp3) is 0.348. The van der Waals surface area contributed by atoms with Crippen molar-refractivity contribution in [3.63, 3.8) is 0 Å². The second-order valence-electron chi connectivity index (χ2n) is 8.45. The quantitative estimate of drug-likeness (QED) is 0.574. The third-order valence-electron chi connectivity index (χ3n) is 5.02. The van der Waals surface area contributed by atoms with Crippen LogP contribution < -0.4 is 10.2 Å². The Labute approximate surface area is 186 Å². The third-order valence-corrected chi connectivity index (χ3v) is 5.28. The molecule has 0 saturated carbocycles. The van der Waals surface area contributed by atoms with Gasteiger partial charge in [0.1, 0.15) is 11.1 Å². The molecule has 1 atom stereocenters. The minimum Gasteiger partial charge on any atom is -0.444 e. The van der Waals surface area contributed by atoms with Gasteiger partial charge >= 0.3 is 12.1 Å². The lowest BCUT2D eigenvalue weighted by Crippen LogP contribution is -2.39. The Morgan fingerprint density at radius 2 is 1.77 bits per heavy atom. The van der Waals surface area contributed by atoms with Gasteiger partial charge in [-0.15, -0.1) is 5.10 Å². The average molecular weight is 444 g/mol. The Morgan fingerprint density at radius 1 is 1.10 bits per heavy atom. The summed E-state index contributed by atoms with van der Waals surface area (Å²) in [5, 5.41) is 8.12. The topological polar surface area (TPSA) is 82.5 Å². The highest BCUT2D eigenvalue weighted by Gasteiger charge is 2.36. The number of ether oxygens (including phenoxy) is 1. The summed E-state index contributed by atoms with van der Waals surface area (Å²) < 4.78 is 5.31. The number of carbonyl (C=O) groups is 2. The molecule has 1 amide bonds. The van der Waals surface area contributed by atoms with Gasteiger partial charge in [0.2, 0.25) is 0 Å². The van der Waals surface area contributed by atoms with E-state index in [1.54, 1.807) is 51.1 Å². The first-order chi connectivity index (χ1) is 14.5. The van der Waals surface area contributed by atoms with E-state index < -0.39 is 23.1 Å². The number of hydrogen-bond donors (Lipinski definition) is 1. The number of benzene rings is 2. The Balaban J connectivity index is 1.86. The maximum absolute atomic E-state index is 13.1. The number of halogens is 1. The summed E-state index contributed by atoms with van der Waals surface area (Å²) in [7, 11) is 0. The molecule has 0 aliphatic heterocycles. The van der Waals surface area contributed by atoms with Gasteiger partial charge in [-0.05, 0) is 63.9 Å². The number of nitrogens with zero attached hydrogens (tertiary/aromatic N) is 2. The van der Waals surface area contributed by atoms with Crippen molar-refractivity contribution in [2.24, 2.45) is 0 Å². The summed E-state index contributed by atoms with van der Waals surface area (Å²) in [4.78, 5) is 32.1. The zero-order chi connectivity index (χ0) is 22.8. The van der Waals surface area contributed by atoms with E-state index in [4.69, 9.17) is 21.2 Å². The summed E-state index contributed by atoms with van der Waals surface area (Å²) in [6.07, 6.45) is 1.48. The minimum atomic E-state index is -0.880. The van der Waals surface area contributed by atoms with Crippen molar-refractivity contribution in [1.29, 1.82) is 0 Å². The van der Waals surface area contributed by atoms with Crippen molar-refractivity contribution in [3.8, 4) is 0 Å². The van der Waals surface area contributed by atoms with E-state index in [2.05, 4.69) is 10.4 Å². The lowest BCUT2D eigenvalue weighted by Gasteiger charge is -2.26. The first-order valence-corrected chi connectivity index (χ1v) is 10.4. The molecule has 0 aliphatic carbocycles. The van der Waals surface area contributed by atoms with Crippen molar-refractivity contribution >= 4 is 40.3 Å². The molecule has 2 aromatic carbocycles. The third kappa shape index (κ3) is 4.99. The van der Waals surface area contributed by atoms with E-state index in [0.29, 0.717) is 28.0 Å². The highest BCUT2D eigenvalue weighted by molar-refractivity contribution is 6.30. The van der Waals surface area contributed by atoms with Crippen molar-refractivity contribution in [1.82, 2.24) is 9.94 Å². The molecule has 164 valence electrons. The average Bonchev–Trinajstić information content (AvgIpc) is 3.10. The maximum atomic E-state index is 13.1. The summed E-state index contributed by atoms with van der Waals surface area (Å²) in [5.41, 5.74) is 0.341. The molecule has 0 aliphatic rings. The van der Waals surface area contributed by atoms with Gasteiger partial charge < -0.3 is 9.57 Å². The van der Waals surface area contributed by atoms with Crippen LogP contribution in [0.1, 0.15) is 46.6 Å². The molecular formula is C23H26ClN3O4. The summed E-state index contributed by atoms with van der Waals surface area (Å²) in [6.45, 7) is 9.10. The fourth-order valence-electron chi connectivity index (χ4n) is 3.09. The molecule has 31 heavy (non-hydrogen) atoms. The Bertz CT molecular complexity index is 1100. The van der Waals surface area contributed by atoms with Crippen LogP contribution in [-0.4, -0.2) is 27.6 Å². The van der Waals surface area contributed by atoms with Gasteiger partial charge in [-0.2, -0.15) is 0 Å². The van der Waals surface area contributed by atoms with Gasteiger partial charge in [-0.1, -0.05) is 41.6 Å². The predicted molar refractivity (Wildman–Crippen MR) is 120 cm³/mol. The van der Waals surface area contributed by atoms with Crippen LogP contribution >= 0.6 is 11.6 Å². The van der Waals surface area contributed by atoms with E-state index >= 15 is 0 Å². The SMILES string of the molecule is CCC(C)(C(=O)On1ncc2c(NC(=O)OC(C)(C)C)cccc21)c1ccc(Cl)cc1. The number of amides is 1. The van der Waals surface area contributed by atoms with Gasteiger partial charge in [-0.25, -0.2) is 9.59 Å². The van der Waals surface area contributed by atoms with Gasteiger partial charge in [0.05, 0.1) is 17.3 Å². The molecule has 1 N–H and O–H groups in total. The summed E-state index contributed by atoms with van der Waals surface area (Å²) in [6, 6.07) is 12.3. The van der Waals surface area contributed by atoms with Gasteiger partial charge in [0.15, 0.2) is 0 Å². The Morgan fingerprint density at radius 3 is 2.39 bits per heavy atom. The number of anilines is 1. The van der Waals surface area contributed by atoms with E-state index in [0.717, 1.165) is 5.56 Å². The molecule has 0 bridgehead atoms. The molecule has 3 aromatic rings. The molecule has 0 spiro atoms. The number of carbonyl (C=O) groups excluding carboxylic acids is 2. The second-order valence-corrected chi connectivity index (χ2v) is 8.89. The lowest BCUT2D eigenvalue weighted by atomic mass is 9.80. The van der Waals surface area contributed by atoms with Crippen LogP contribution in [0.5, 0.6) is 0 Å². The van der Waals surface area contributed by atoms with Crippen molar-refractivity contribution in [2.45, 2.75) is 52.1 Å². The van der Waals surface area contributed by atoms with Gasteiger partial charge in [0.25, 0.3) is 0 Å². The van der Waals surface area contributed by atoms with E-state index in [9.17, 15) is 9.59 Å². The van der Waals surface area contributed by atoms with Crippen LogP contribution in [0.4, 0.5) is 10.5 Å². The minimum absolute atomic E-state index is 0.451. The first kappa shape index (κ1) is 22.6. The molecule has 7 nitrogen and oxygen atoms in total. The van der Waals surface area contributed by atoms with Crippen LogP contribution in [0.2, 0.25) is 5.02 Å². The summed E-state index contributed by atoms with van der Waals surface area (Å²) >= 11 is 5.98. The molecule has 1 heterocycles. The molecule has 0 fully saturated rings. The second kappa shape index (κ2) is 8.59. The number of hydrogen-bond acceptors (Lipinski definition) is 5. The Hall–Kier alpha value is -3.06. The number of nitrogens with one attached hydrogen (secondary N) is 1. The largest absolute Gasteiger partial charge is 0.444 e. The van der Waals surface area contributed by atoms with Crippen LogP contribution in [0.3, 0.4) is 0 Å². The highest BCUT2D eigenvalue weighted by Crippen LogP contribution is 2.30. The van der Waals surface area contributed by atoms with Crippen LogP contribution in [-0.2, 0) is 14.9 Å². The zero-order valence-electron chi connectivity index (χ0n) is 18.2. The lowest BCUT2D eigenvalue weighted by molar-refractivity contribution is -0.151. The number of rotatable bonds is 5. The first-order valence-electron chi connectivity index (χ1n) is 9.99. The van der Waals surface area contributed by atoms with Crippen LogP contribution in [0, 0.1) is 0 Å². The normalized spacial score (nSPS) is 13.5. The molecule has 1 aromatic heterocycles. The van der Waals surface area contributed by atoms with Crippen molar-refractivity contribution in [2.75, 3.05) is 5.32 Å². The molecule has 8 heteroatoms. The van der Waals surface area contributed by atoms with Gasteiger partial charge in [-0.3, -0.25) is 5.32 Å². The van der Waals surface area contributed by atoms with Crippen LogP contribution in [0.25, 0.3) is 10.9 Å². The molecule has 3 rings (SSSR count). The molecular weight excluding hydrogens is 418 g/mol. The van der Waals surface area contributed by atoms with E-state index in [1.807, 2.05) is 26.0 Å². The number of aromatic nitrogens is 2. The smallest absolute Gasteiger partial charge is 0.412 e. The fourth-order valence-corrected chi connectivity index (χ4v) is 3.21. The van der Waals surface area contributed by atoms with Crippen molar-refractivity contribution < 1.29 is 19.2 Å². The Kier molecular flexibility index (Phi) is 6.27. The summed E-state index contributed by atoms with van der Waals surface area (Å²) in [5.74, 6) is -0.451. The molecule has 0 saturated heterocycles. The highest BCUT2D eigenvalue weighted by atomic mass is 35.5. The van der Waals surface area contributed by atoms with Gasteiger partial charge in [0, 0.05) is 10.4 Å². The molecule has 0 radical (unpaired) electrons.